The lowest BCUT2D eigenvalue weighted by molar-refractivity contribution is 0.646. The molecule has 0 aliphatic carbocycles. The minimum absolute atomic E-state index is 0.855. The molecule has 0 fully saturated rings. The molecule has 2 heterocycles. The van der Waals surface area contributed by atoms with Gasteiger partial charge in [-0.2, -0.15) is 5.10 Å². The molecule has 80 valence electrons. The van der Waals surface area contributed by atoms with Crippen molar-refractivity contribution in [2.45, 2.75) is 33.2 Å². The van der Waals surface area contributed by atoms with Crippen molar-refractivity contribution in [3.8, 4) is 0 Å². The number of thiazole rings is 1. The van der Waals surface area contributed by atoms with E-state index in [0.29, 0.717) is 0 Å². The largest absolute Gasteiger partial charge is 0.264 e. The number of aromatic nitrogens is 3. The summed E-state index contributed by atoms with van der Waals surface area (Å²) in [7, 11) is 0. The molecule has 0 aromatic carbocycles. The van der Waals surface area contributed by atoms with Gasteiger partial charge >= 0.3 is 0 Å². The maximum Gasteiger partial charge on any atom is 0.0794 e. The first-order valence-electron chi connectivity index (χ1n) is 5.26. The first-order valence-corrected chi connectivity index (χ1v) is 6.14. The smallest absolute Gasteiger partial charge is 0.0794 e. The van der Waals surface area contributed by atoms with Gasteiger partial charge in [-0.1, -0.05) is 13.8 Å². The van der Waals surface area contributed by atoms with Crippen LogP contribution < -0.4 is 0 Å². The Labute approximate surface area is 93.8 Å². The highest BCUT2D eigenvalue weighted by molar-refractivity contribution is 7.09. The van der Waals surface area contributed by atoms with Crippen LogP contribution in [-0.4, -0.2) is 14.8 Å². The minimum atomic E-state index is 0.855. The van der Waals surface area contributed by atoms with Gasteiger partial charge in [0.15, 0.2) is 0 Å². The molecule has 0 aliphatic rings. The lowest BCUT2D eigenvalue weighted by atomic mass is 10.2. The van der Waals surface area contributed by atoms with Crippen molar-refractivity contribution in [2.75, 3.05) is 0 Å². The Morgan fingerprint density at radius 1 is 1.33 bits per heavy atom. The van der Waals surface area contributed by atoms with Crippen molar-refractivity contribution >= 4 is 11.3 Å². The summed E-state index contributed by atoms with van der Waals surface area (Å²) in [6, 6.07) is 2.20. The molecular formula is C11H15N3S. The summed E-state index contributed by atoms with van der Waals surface area (Å²) < 4.78 is 2.09. The second kappa shape index (κ2) is 4.57. The number of hydrogen-bond donors (Lipinski definition) is 0. The second-order valence-electron chi connectivity index (χ2n) is 3.46. The Bertz CT molecular complexity index is 417. The van der Waals surface area contributed by atoms with Crippen LogP contribution in [0.5, 0.6) is 0 Å². The molecule has 0 atom stereocenters. The van der Waals surface area contributed by atoms with E-state index in [1.165, 1.54) is 16.3 Å². The van der Waals surface area contributed by atoms with Crippen molar-refractivity contribution in [1.29, 1.82) is 0 Å². The van der Waals surface area contributed by atoms with E-state index in [2.05, 4.69) is 34.7 Å². The number of aryl methyl sites for hydroxylation is 2. The first-order chi connectivity index (χ1) is 7.33. The van der Waals surface area contributed by atoms with Crippen molar-refractivity contribution in [3.63, 3.8) is 0 Å². The maximum absolute atomic E-state index is 4.57. The first kappa shape index (κ1) is 10.4. The standard InChI is InChI=1S/C11H15N3S/c1-3-9-5-10(4-2)14(13-9)7-11-6-12-8-15-11/h5-6,8H,3-4,7H2,1-2H3. The summed E-state index contributed by atoms with van der Waals surface area (Å²) in [6.45, 7) is 5.16. The van der Waals surface area contributed by atoms with Crippen LogP contribution in [0.25, 0.3) is 0 Å². The van der Waals surface area contributed by atoms with Crippen LogP contribution in [0.3, 0.4) is 0 Å². The molecule has 0 saturated carbocycles. The van der Waals surface area contributed by atoms with Crippen molar-refractivity contribution < 1.29 is 0 Å². The summed E-state index contributed by atoms with van der Waals surface area (Å²) in [5.41, 5.74) is 4.35. The average molecular weight is 221 g/mol. The van der Waals surface area contributed by atoms with E-state index in [4.69, 9.17) is 0 Å². The second-order valence-corrected chi connectivity index (χ2v) is 4.43. The van der Waals surface area contributed by atoms with E-state index >= 15 is 0 Å². The summed E-state index contributed by atoms with van der Waals surface area (Å²) in [5, 5.41) is 4.57. The molecule has 2 rings (SSSR count). The average Bonchev–Trinajstić information content (AvgIpc) is 2.87. The SMILES string of the molecule is CCc1cc(CC)n(Cc2cncs2)n1. The monoisotopic (exact) mass is 221 g/mol. The Morgan fingerprint density at radius 3 is 2.80 bits per heavy atom. The lowest BCUT2D eigenvalue weighted by Crippen LogP contribution is -2.04. The maximum atomic E-state index is 4.57. The van der Waals surface area contributed by atoms with E-state index in [0.717, 1.165) is 19.4 Å². The fourth-order valence-corrected chi connectivity index (χ4v) is 2.15. The Hall–Kier alpha value is -1.16. The van der Waals surface area contributed by atoms with Gasteiger partial charge in [-0.15, -0.1) is 11.3 Å². The zero-order chi connectivity index (χ0) is 10.7. The molecule has 0 bridgehead atoms. The number of hydrogen-bond acceptors (Lipinski definition) is 3. The molecule has 0 amide bonds. The van der Waals surface area contributed by atoms with Crippen molar-refractivity contribution in [1.82, 2.24) is 14.8 Å². The minimum Gasteiger partial charge on any atom is -0.264 e. The molecule has 0 radical (unpaired) electrons. The molecular weight excluding hydrogens is 206 g/mol. The van der Waals surface area contributed by atoms with Crippen molar-refractivity contribution in [2.24, 2.45) is 0 Å². The van der Waals surface area contributed by atoms with Crippen LogP contribution >= 0.6 is 11.3 Å². The Morgan fingerprint density at radius 2 is 2.20 bits per heavy atom. The summed E-state index contributed by atoms with van der Waals surface area (Å²) in [5.74, 6) is 0. The fraction of sp³-hybridized carbons (Fsp3) is 0.455. The summed E-state index contributed by atoms with van der Waals surface area (Å²) in [4.78, 5) is 5.34. The van der Waals surface area contributed by atoms with Gasteiger partial charge < -0.3 is 0 Å². The zero-order valence-corrected chi connectivity index (χ0v) is 9.92. The van der Waals surface area contributed by atoms with Crippen LogP contribution in [0.4, 0.5) is 0 Å². The molecule has 3 nitrogen and oxygen atoms in total. The van der Waals surface area contributed by atoms with E-state index in [-0.39, 0.29) is 0 Å². The third kappa shape index (κ3) is 2.26. The van der Waals surface area contributed by atoms with Crippen LogP contribution in [0, 0.1) is 0 Å². The molecule has 0 N–H and O–H groups in total. The van der Waals surface area contributed by atoms with Gasteiger partial charge in [0, 0.05) is 16.8 Å². The lowest BCUT2D eigenvalue weighted by Gasteiger charge is -2.02. The quantitative estimate of drug-likeness (QED) is 0.794. The normalized spacial score (nSPS) is 10.8. The van der Waals surface area contributed by atoms with Gasteiger partial charge in [-0.25, -0.2) is 0 Å². The summed E-state index contributed by atoms with van der Waals surface area (Å²) >= 11 is 1.68. The van der Waals surface area contributed by atoms with E-state index in [1.807, 2.05) is 11.7 Å². The molecule has 0 saturated heterocycles. The molecule has 2 aromatic heterocycles. The van der Waals surface area contributed by atoms with Gasteiger partial charge in [-0.3, -0.25) is 9.67 Å². The van der Waals surface area contributed by atoms with Crippen LogP contribution in [-0.2, 0) is 19.4 Å². The molecule has 15 heavy (non-hydrogen) atoms. The zero-order valence-electron chi connectivity index (χ0n) is 9.10. The highest BCUT2D eigenvalue weighted by atomic mass is 32.1. The molecule has 0 aliphatic heterocycles. The van der Waals surface area contributed by atoms with Gasteiger partial charge in [0.25, 0.3) is 0 Å². The predicted octanol–water partition coefficient (Wildman–Crippen LogP) is 2.51. The van der Waals surface area contributed by atoms with E-state index in [9.17, 15) is 0 Å². The Kier molecular flexibility index (Phi) is 3.16. The van der Waals surface area contributed by atoms with E-state index in [1.54, 1.807) is 11.3 Å². The van der Waals surface area contributed by atoms with Gasteiger partial charge in [0.1, 0.15) is 0 Å². The topological polar surface area (TPSA) is 30.7 Å². The fourth-order valence-electron chi connectivity index (χ4n) is 1.58. The number of rotatable bonds is 4. The van der Waals surface area contributed by atoms with Crippen LogP contribution in [0.2, 0.25) is 0 Å². The highest BCUT2D eigenvalue weighted by Gasteiger charge is 2.06. The Balaban J connectivity index is 2.23. The molecule has 4 heteroatoms. The summed E-state index contributed by atoms with van der Waals surface area (Å²) in [6.07, 6.45) is 3.95. The molecule has 2 aromatic rings. The predicted molar refractivity (Wildman–Crippen MR) is 62.2 cm³/mol. The van der Waals surface area contributed by atoms with Crippen LogP contribution in [0.1, 0.15) is 30.1 Å². The number of nitrogens with zero attached hydrogens (tertiary/aromatic N) is 3. The van der Waals surface area contributed by atoms with Gasteiger partial charge in [0.2, 0.25) is 0 Å². The highest BCUT2D eigenvalue weighted by Crippen LogP contribution is 2.12. The third-order valence-electron chi connectivity index (χ3n) is 2.43. The molecule has 0 spiro atoms. The molecule has 0 unspecified atom stereocenters. The van der Waals surface area contributed by atoms with Gasteiger partial charge in [0.05, 0.1) is 17.7 Å². The third-order valence-corrected chi connectivity index (χ3v) is 3.19. The van der Waals surface area contributed by atoms with Crippen molar-refractivity contribution in [3.05, 3.63) is 34.0 Å². The van der Waals surface area contributed by atoms with E-state index < -0.39 is 0 Å². The van der Waals surface area contributed by atoms with Crippen LogP contribution in [0.15, 0.2) is 17.8 Å². The van der Waals surface area contributed by atoms with Gasteiger partial charge in [-0.05, 0) is 18.9 Å².